The van der Waals surface area contributed by atoms with Gasteiger partial charge in [-0.05, 0) is 86.1 Å². The van der Waals surface area contributed by atoms with E-state index in [1.807, 2.05) is 13.8 Å². The molecule has 0 aromatic heterocycles. The van der Waals surface area contributed by atoms with Crippen LogP contribution in [0.25, 0.3) is 23.3 Å². The molecule has 0 heterocycles. The van der Waals surface area contributed by atoms with Gasteiger partial charge in [-0.1, -0.05) is 72.9 Å². The van der Waals surface area contributed by atoms with Crippen LogP contribution >= 0.6 is 0 Å². The van der Waals surface area contributed by atoms with E-state index in [9.17, 15) is 0 Å². The smallest absolute Gasteiger partial charge is 0.0655 e. The van der Waals surface area contributed by atoms with E-state index in [0.29, 0.717) is 13.2 Å². The Morgan fingerprint density at radius 3 is 1.28 bits per heavy atom. The van der Waals surface area contributed by atoms with E-state index in [1.165, 1.54) is 44.5 Å². The van der Waals surface area contributed by atoms with Gasteiger partial charge in [0, 0.05) is 0 Å². The number of benzene rings is 2. The minimum atomic E-state index is 0.595. The molecule has 0 bridgehead atoms. The molecule has 0 aliphatic rings. The molecule has 0 N–H and O–H groups in total. The molecular weight excluding hydrogens is 352 g/mol. The molecule has 2 rings (SSSR count). The fourth-order valence-electron chi connectivity index (χ4n) is 3.50. The number of allylic oxidation sites excluding steroid dienone is 2. The molecule has 0 fully saturated rings. The molecule has 0 spiro atoms. The summed E-state index contributed by atoms with van der Waals surface area (Å²) in [4.78, 5) is 0. The zero-order chi connectivity index (χ0) is 21.6. The average molecular weight is 387 g/mol. The second kappa shape index (κ2) is 10.2. The highest BCUT2D eigenvalue weighted by Gasteiger charge is 2.04. The van der Waals surface area contributed by atoms with E-state index in [2.05, 4.69) is 89.4 Å². The van der Waals surface area contributed by atoms with Crippen LogP contribution in [-0.2, 0) is 4.74 Å². The standard InChI is InChI=1S/C28H34O/c1-19(2)25-15-21(5)27(22(6)16-25)11-9-13-29-14-10-12-28-23(7)17-26(20(3)4)18-24(28)8/h9-12,15-18H,1,3,13-14H2,2,4-8H3. The highest BCUT2D eigenvalue weighted by atomic mass is 16.5. The van der Waals surface area contributed by atoms with Gasteiger partial charge >= 0.3 is 0 Å². The lowest BCUT2D eigenvalue weighted by Crippen LogP contribution is -1.94. The lowest BCUT2D eigenvalue weighted by atomic mass is 9.96. The summed E-state index contributed by atoms with van der Waals surface area (Å²) >= 11 is 0. The zero-order valence-electron chi connectivity index (χ0n) is 18.9. The van der Waals surface area contributed by atoms with Gasteiger partial charge in [-0.3, -0.25) is 0 Å². The molecule has 29 heavy (non-hydrogen) atoms. The third-order valence-corrected chi connectivity index (χ3v) is 5.17. The summed E-state index contributed by atoms with van der Waals surface area (Å²) in [5, 5.41) is 0. The SMILES string of the molecule is C=C(C)c1cc(C)c(C=CCOCC=Cc2c(C)cc(C(=C)C)cc2C)c(C)c1. The van der Waals surface area contributed by atoms with Gasteiger partial charge in [0.15, 0.2) is 0 Å². The number of aryl methyl sites for hydroxylation is 4. The van der Waals surface area contributed by atoms with E-state index in [4.69, 9.17) is 4.74 Å². The molecule has 0 aliphatic carbocycles. The van der Waals surface area contributed by atoms with Gasteiger partial charge in [-0.2, -0.15) is 0 Å². The van der Waals surface area contributed by atoms with E-state index in [0.717, 1.165) is 11.1 Å². The van der Waals surface area contributed by atoms with E-state index < -0.39 is 0 Å². The third-order valence-electron chi connectivity index (χ3n) is 5.17. The number of hydrogen-bond acceptors (Lipinski definition) is 1. The van der Waals surface area contributed by atoms with Gasteiger partial charge in [0.25, 0.3) is 0 Å². The van der Waals surface area contributed by atoms with Crippen LogP contribution in [0.5, 0.6) is 0 Å². The van der Waals surface area contributed by atoms with Crippen LogP contribution in [-0.4, -0.2) is 13.2 Å². The van der Waals surface area contributed by atoms with Crippen LogP contribution in [0.4, 0.5) is 0 Å². The van der Waals surface area contributed by atoms with Crippen LogP contribution < -0.4 is 0 Å². The summed E-state index contributed by atoms with van der Waals surface area (Å²) < 4.78 is 5.76. The molecular formula is C28H34O. The van der Waals surface area contributed by atoms with Crippen molar-refractivity contribution >= 4 is 23.3 Å². The summed E-state index contributed by atoms with van der Waals surface area (Å²) in [6.45, 7) is 21.9. The van der Waals surface area contributed by atoms with Gasteiger partial charge in [-0.15, -0.1) is 0 Å². The van der Waals surface area contributed by atoms with Crippen LogP contribution in [0.2, 0.25) is 0 Å². The predicted molar refractivity (Wildman–Crippen MR) is 130 cm³/mol. The molecule has 0 amide bonds. The first kappa shape index (κ1) is 22.6. The van der Waals surface area contributed by atoms with Crippen molar-refractivity contribution < 1.29 is 4.74 Å². The maximum atomic E-state index is 5.76. The van der Waals surface area contributed by atoms with Gasteiger partial charge in [0.2, 0.25) is 0 Å². The second-order valence-electron chi connectivity index (χ2n) is 7.95. The maximum absolute atomic E-state index is 5.76. The summed E-state index contributed by atoms with van der Waals surface area (Å²) in [5.74, 6) is 0. The van der Waals surface area contributed by atoms with Crippen molar-refractivity contribution in [3.05, 3.63) is 94.1 Å². The van der Waals surface area contributed by atoms with Crippen molar-refractivity contribution in [2.45, 2.75) is 41.5 Å². The van der Waals surface area contributed by atoms with Gasteiger partial charge in [0.1, 0.15) is 0 Å². The van der Waals surface area contributed by atoms with Gasteiger partial charge in [0.05, 0.1) is 13.2 Å². The molecule has 1 heteroatoms. The molecule has 2 aromatic rings. The van der Waals surface area contributed by atoms with Crippen LogP contribution in [0.3, 0.4) is 0 Å². The van der Waals surface area contributed by atoms with E-state index in [1.54, 1.807) is 0 Å². The van der Waals surface area contributed by atoms with Crippen molar-refractivity contribution in [1.82, 2.24) is 0 Å². The first-order valence-electron chi connectivity index (χ1n) is 10.2. The molecule has 152 valence electrons. The largest absolute Gasteiger partial charge is 0.373 e. The molecule has 0 aliphatic heterocycles. The van der Waals surface area contributed by atoms with Crippen molar-refractivity contribution in [2.75, 3.05) is 13.2 Å². The normalized spacial score (nSPS) is 11.5. The van der Waals surface area contributed by atoms with Gasteiger partial charge in [-0.25, -0.2) is 0 Å². The summed E-state index contributed by atoms with van der Waals surface area (Å²) in [6, 6.07) is 8.79. The molecule has 0 saturated heterocycles. The Hall–Kier alpha value is -2.64. The lowest BCUT2D eigenvalue weighted by Gasteiger charge is -2.10. The molecule has 0 atom stereocenters. The Morgan fingerprint density at radius 2 is 1.00 bits per heavy atom. The summed E-state index contributed by atoms with van der Waals surface area (Å²) in [6.07, 6.45) is 8.48. The minimum Gasteiger partial charge on any atom is -0.373 e. The number of rotatable bonds is 8. The molecule has 1 nitrogen and oxygen atoms in total. The minimum absolute atomic E-state index is 0.595. The summed E-state index contributed by atoms with van der Waals surface area (Å²) in [5.41, 5.74) is 12.2. The Labute approximate surface area is 177 Å². The highest BCUT2D eigenvalue weighted by Crippen LogP contribution is 2.23. The number of hydrogen-bond donors (Lipinski definition) is 0. The first-order chi connectivity index (χ1) is 13.7. The van der Waals surface area contributed by atoms with E-state index >= 15 is 0 Å². The molecule has 0 saturated carbocycles. The first-order valence-corrected chi connectivity index (χ1v) is 10.2. The third kappa shape index (κ3) is 6.17. The zero-order valence-corrected chi connectivity index (χ0v) is 18.9. The molecule has 2 aromatic carbocycles. The summed E-state index contributed by atoms with van der Waals surface area (Å²) in [7, 11) is 0. The molecule has 0 radical (unpaired) electrons. The van der Waals surface area contributed by atoms with Crippen molar-refractivity contribution in [2.24, 2.45) is 0 Å². The van der Waals surface area contributed by atoms with E-state index in [-0.39, 0.29) is 0 Å². The van der Waals surface area contributed by atoms with Crippen molar-refractivity contribution in [1.29, 1.82) is 0 Å². The Balaban J connectivity index is 1.92. The monoisotopic (exact) mass is 386 g/mol. The fourth-order valence-corrected chi connectivity index (χ4v) is 3.50. The Kier molecular flexibility index (Phi) is 7.99. The quantitative estimate of drug-likeness (QED) is 0.422. The number of ether oxygens (including phenoxy) is 1. The van der Waals surface area contributed by atoms with Crippen molar-refractivity contribution in [3.8, 4) is 0 Å². The maximum Gasteiger partial charge on any atom is 0.0655 e. The second-order valence-corrected chi connectivity index (χ2v) is 7.95. The van der Waals surface area contributed by atoms with Crippen molar-refractivity contribution in [3.63, 3.8) is 0 Å². The lowest BCUT2D eigenvalue weighted by molar-refractivity contribution is 0.195. The van der Waals surface area contributed by atoms with Crippen LogP contribution in [0.1, 0.15) is 58.4 Å². The van der Waals surface area contributed by atoms with Crippen LogP contribution in [0.15, 0.2) is 49.6 Å². The Morgan fingerprint density at radius 1 is 0.690 bits per heavy atom. The average Bonchev–Trinajstić information content (AvgIpc) is 2.63. The molecule has 0 unspecified atom stereocenters. The fraction of sp³-hybridized carbons (Fsp3) is 0.286. The Bertz CT molecular complexity index is 844. The highest BCUT2D eigenvalue weighted by molar-refractivity contribution is 5.68. The van der Waals surface area contributed by atoms with Crippen LogP contribution in [0, 0.1) is 27.7 Å². The van der Waals surface area contributed by atoms with Gasteiger partial charge < -0.3 is 4.74 Å². The predicted octanol–water partition coefficient (Wildman–Crippen LogP) is 7.73. The topological polar surface area (TPSA) is 9.23 Å².